The number of oxazole rings is 1. The third-order valence-electron chi connectivity index (χ3n) is 5.35. The van der Waals surface area contributed by atoms with Crippen molar-refractivity contribution in [1.29, 1.82) is 0 Å². The van der Waals surface area contributed by atoms with E-state index in [4.69, 9.17) is 4.42 Å². The SMILES string of the molecule is O=C(c1cc2c([nH]c1=O)CCC2)N1CCc2oc(-c3ccccc3)nc2C1. The molecule has 6 heteroatoms. The summed E-state index contributed by atoms with van der Waals surface area (Å²) in [4.78, 5) is 34.5. The normalized spacial score (nSPS) is 15.5. The van der Waals surface area contributed by atoms with Crippen molar-refractivity contribution >= 4 is 5.91 Å². The monoisotopic (exact) mass is 361 g/mol. The van der Waals surface area contributed by atoms with Crippen LogP contribution in [0.3, 0.4) is 0 Å². The highest BCUT2D eigenvalue weighted by atomic mass is 16.4. The average molecular weight is 361 g/mol. The van der Waals surface area contributed by atoms with Crippen LogP contribution in [0.15, 0.2) is 45.6 Å². The molecule has 0 unspecified atom stereocenters. The van der Waals surface area contributed by atoms with Gasteiger partial charge in [0.15, 0.2) is 0 Å². The number of pyridine rings is 1. The van der Waals surface area contributed by atoms with Crippen LogP contribution in [0.4, 0.5) is 0 Å². The third kappa shape index (κ3) is 2.77. The largest absolute Gasteiger partial charge is 0.441 e. The highest BCUT2D eigenvalue weighted by Crippen LogP contribution is 2.27. The number of rotatable bonds is 2. The Bertz CT molecular complexity index is 1080. The van der Waals surface area contributed by atoms with E-state index in [2.05, 4.69) is 9.97 Å². The molecule has 1 aliphatic heterocycles. The number of nitrogens with zero attached hydrogens (tertiary/aromatic N) is 2. The standard InChI is InChI=1S/C21H19N3O3/c25-19-15(11-14-7-4-8-16(14)22-19)21(26)24-10-9-18-17(12-24)23-20(27-18)13-5-2-1-3-6-13/h1-3,5-6,11H,4,7-10,12H2,(H,22,25). The van der Waals surface area contributed by atoms with Crippen molar-refractivity contribution in [3.63, 3.8) is 0 Å². The molecule has 1 aromatic carbocycles. The lowest BCUT2D eigenvalue weighted by atomic mass is 10.1. The molecular formula is C21H19N3O3. The second kappa shape index (κ2) is 6.23. The maximum Gasteiger partial charge on any atom is 0.261 e. The highest BCUT2D eigenvalue weighted by Gasteiger charge is 2.28. The quantitative estimate of drug-likeness (QED) is 0.761. The van der Waals surface area contributed by atoms with Gasteiger partial charge in [-0.15, -0.1) is 0 Å². The van der Waals surface area contributed by atoms with E-state index >= 15 is 0 Å². The van der Waals surface area contributed by atoms with Crippen molar-refractivity contribution in [2.45, 2.75) is 32.2 Å². The maximum atomic E-state index is 13.0. The molecule has 0 spiro atoms. The van der Waals surface area contributed by atoms with Crippen LogP contribution in [0.25, 0.3) is 11.5 Å². The Hall–Kier alpha value is -3.15. The molecule has 1 amide bonds. The number of nitrogens with one attached hydrogen (secondary N) is 1. The third-order valence-corrected chi connectivity index (χ3v) is 5.35. The minimum Gasteiger partial charge on any atom is -0.441 e. The van der Waals surface area contributed by atoms with Gasteiger partial charge in [0.2, 0.25) is 5.89 Å². The number of aryl methyl sites for hydroxylation is 2. The van der Waals surface area contributed by atoms with Gasteiger partial charge in [-0.05, 0) is 43.0 Å². The van der Waals surface area contributed by atoms with Crippen LogP contribution < -0.4 is 5.56 Å². The molecule has 1 N–H and O–H groups in total. The van der Waals surface area contributed by atoms with E-state index in [9.17, 15) is 9.59 Å². The zero-order valence-corrected chi connectivity index (χ0v) is 14.8. The fourth-order valence-corrected chi connectivity index (χ4v) is 3.92. The number of carbonyl (C=O) groups excluding carboxylic acids is 1. The van der Waals surface area contributed by atoms with Gasteiger partial charge in [0.05, 0.1) is 6.54 Å². The van der Waals surface area contributed by atoms with Crippen molar-refractivity contribution in [2.24, 2.45) is 0 Å². The molecule has 2 aliphatic rings. The fourth-order valence-electron chi connectivity index (χ4n) is 3.92. The topological polar surface area (TPSA) is 79.2 Å². The van der Waals surface area contributed by atoms with E-state index in [1.807, 2.05) is 30.3 Å². The number of hydrogen-bond donors (Lipinski definition) is 1. The molecule has 0 saturated carbocycles. The molecule has 0 radical (unpaired) electrons. The van der Waals surface area contributed by atoms with Crippen LogP contribution in [-0.2, 0) is 25.8 Å². The molecule has 2 aromatic heterocycles. The number of H-pyrrole nitrogens is 1. The Morgan fingerprint density at radius 3 is 2.85 bits per heavy atom. The lowest BCUT2D eigenvalue weighted by Crippen LogP contribution is -2.38. The minimum atomic E-state index is -0.295. The first kappa shape index (κ1) is 16.1. The maximum absolute atomic E-state index is 13.0. The van der Waals surface area contributed by atoms with Gasteiger partial charge in [0, 0.05) is 24.2 Å². The van der Waals surface area contributed by atoms with E-state index in [1.165, 1.54) is 0 Å². The second-order valence-corrected chi connectivity index (χ2v) is 7.10. The van der Waals surface area contributed by atoms with Gasteiger partial charge in [-0.2, -0.15) is 0 Å². The van der Waals surface area contributed by atoms with Crippen molar-refractivity contribution in [3.8, 4) is 11.5 Å². The van der Waals surface area contributed by atoms with Gasteiger partial charge >= 0.3 is 0 Å². The van der Waals surface area contributed by atoms with Crippen molar-refractivity contribution in [3.05, 3.63) is 75.0 Å². The van der Waals surface area contributed by atoms with Gasteiger partial charge in [-0.1, -0.05) is 18.2 Å². The Morgan fingerprint density at radius 1 is 1.15 bits per heavy atom. The van der Waals surface area contributed by atoms with Crippen LogP contribution in [0.2, 0.25) is 0 Å². The van der Waals surface area contributed by atoms with E-state index in [-0.39, 0.29) is 17.0 Å². The summed E-state index contributed by atoms with van der Waals surface area (Å²) >= 11 is 0. The number of benzene rings is 1. The van der Waals surface area contributed by atoms with Crippen molar-refractivity contribution in [2.75, 3.05) is 6.54 Å². The van der Waals surface area contributed by atoms with Crippen LogP contribution in [0.1, 0.15) is 39.5 Å². The number of fused-ring (bicyclic) bond motifs is 2. The molecule has 0 fully saturated rings. The first-order valence-electron chi connectivity index (χ1n) is 9.27. The number of carbonyl (C=O) groups is 1. The molecule has 5 rings (SSSR count). The van der Waals surface area contributed by atoms with E-state index in [0.29, 0.717) is 25.4 Å². The molecule has 0 atom stereocenters. The van der Waals surface area contributed by atoms with E-state index < -0.39 is 0 Å². The van der Waals surface area contributed by atoms with Crippen LogP contribution in [0, 0.1) is 0 Å². The fraction of sp³-hybridized carbons (Fsp3) is 0.286. The summed E-state index contributed by atoms with van der Waals surface area (Å²) in [6.45, 7) is 0.882. The number of hydrogen-bond acceptors (Lipinski definition) is 4. The number of amides is 1. The summed E-state index contributed by atoms with van der Waals surface area (Å²) < 4.78 is 5.89. The zero-order valence-electron chi connectivity index (χ0n) is 14.8. The zero-order chi connectivity index (χ0) is 18.4. The number of aromatic amines is 1. The van der Waals surface area contributed by atoms with Crippen molar-refractivity contribution in [1.82, 2.24) is 14.9 Å². The summed E-state index contributed by atoms with van der Waals surface area (Å²) in [5.41, 5.74) is 3.68. The summed E-state index contributed by atoms with van der Waals surface area (Å²) in [5, 5.41) is 0. The Kier molecular flexibility index (Phi) is 3.70. The molecule has 3 heterocycles. The van der Waals surface area contributed by atoms with Crippen LogP contribution >= 0.6 is 0 Å². The molecule has 136 valence electrons. The van der Waals surface area contributed by atoms with Crippen LogP contribution in [0.5, 0.6) is 0 Å². The summed E-state index contributed by atoms with van der Waals surface area (Å²) in [5.74, 6) is 1.16. The number of aromatic nitrogens is 2. The van der Waals surface area contributed by atoms with E-state index in [0.717, 1.165) is 47.5 Å². The van der Waals surface area contributed by atoms with Crippen molar-refractivity contribution < 1.29 is 9.21 Å². The Balaban J connectivity index is 1.42. The van der Waals surface area contributed by atoms with Gasteiger partial charge in [0.25, 0.3) is 11.5 Å². The highest BCUT2D eigenvalue weighted by molar-refractivity contribution is 5.94. The lowest BCUT2D eigenvalue weighted by Gasteiger charge is -2.25. The summed E-state index contributed by atoms with van der Waals surface area (Å²) in [6.07, 6.45) is 3.43. The van der Waals surface area contributed by atoms with Gasteiger partial charge in [0.1, 0.15) is 17.0 Å². The molecular weight excluding hydrogens is 342 g/mol. The Morgan fingerprint density at radius 2 is 2.00 bits per heavy atom. The molecule has 6 nitrogen and oxygen atoms in total. The first-order chi connectivity index (χ1) is 13.2. The summed E-state index contributed by atoms with van der Waals surface area (Å²) in [7, 11) is 0. The lowest BCUT2D eigenvalue weighted by molar-refractivity contribution is 0.0726. The van der Waals surface area contributed by atoms with Crippen LogP contribution in [-0.4, -0.2) is 27.3 Å². The predicted octanol–water partition coefficient (Wildman–Crippen LogP) is 2.72. The molecule has 0 saturated heterocycles. The first-order valence-corrected chi connectivity index (χ1v) is 9.27. The molecule has 0 bridgehead atoms. The van der Waals surface area contributed by atoms with E-state index in [1.54, 1.807) is 11.0 Å². The molecule has 1 aliphatic carbocycles. The predicted molar refractivity (Wildman–Crippen MR) is 99.5 cm³/mol. The second-order valence-electron chi connectivity index (χ2n) is 7.10. The Labute approximate surface area is 155 Å². The molecule has 3 aromatic rings. The average Bonchev–Trinajstić information content (AvgIpc) is 3.33. The molecule has 27 heavy (non-hydrogen) atoms. The minimum absolute atomic E-state index is 0.228. The van der Waals surface area contributed by atoms with Gasteiger partial charge in [-0.3, -0.25) is 9.59 Å². The van der Waals surface area contributed by atoms with Gasteiger partial charge < -0.3 is 14.3 Å². The summed E-state index contributed by atoms with van der Waals surface area (Å²) in [6, 6.07) is 11.5. The smallest absolute Gasteiger partial charge is 0.261 e. The van der Waals surface area contributed by atoms with Gasteiger partial charge in [-0.25, -0.2) is 4.98 Å².